The van der Waals surface area contributed by atoms with Gasteiger partial charge in [-0.05, 0) is 29.2 Å². The van der Waals surface area contributed by atoms with Gasteiger partial charge >= 0.3 is 0 Å². The Labute approximate surface area is 125 Å². The minimum atomic E-state index is -0.186. The quantitative estimate of drug-likeness (QED) is 0.657. The molecule has 0 heterocycles. The third-order valence-electron chi connectivity index (χ3n) is 3.27. The number of nitrogens with one attached hydrogen (secondary N) is 1. The predicted molar refractivity (Wildman–Crippen MR) is 86.6 cm³/mol. The lowest BCUT2D eigenvalue weighted by Gasteiger charge is -2.05. The molecule has 3 heteroatoms. The Kier molecular flexibility index (Phi) is 5.27. The van der Waals surface area contributed by atoms with E-state index in [1.807, 2.05) is 54.6 Å². The fraction of sp³-hybridized carbons (Fsp3) is 0.222. The van der Waals surface area contributed by atoms with Crippen molar-refractivity contribution < 1.29 is 4.79 Å². The zero-order valence-electron chi connectivity index (χ0n) is 12.4. The normalized spacial score (nSPS) is 11.0. The molecular formula is C18H20N2O. The van der Waals surface area contributed by atoms with E-state index in [1.54, 1.807) is 6.21 Å². The molecule has 3 nitrogen and oxygen atoms in total. The van der Waals surface area contributed by atoms with Gasteiger partial charge in [-0.15, -0.1) is 0 Å². The maximum Gasteiger partial charge on any atom is 0.271 e. The van der Waals surface area contributed by atoms with Crippen molar-refractivity contribution in [2.24, 2.45) is 5.10 Å². The van der Waals surface area contributed by atoms with Crippen LogP contribution in [-0.4, -0.2) is 12.1 Å². The van der Waals surface area contributed by atoms with Crippen LogP contribution in [0.2, 0.25) is 0 Å². The van der Waals surface area contributed by atoms with E-state index in [1.165, 1.54) is 5.56 Å². The highest BCUT2D eigenvalue weighted by molar-refractivity contribution is 5.94. The molecule has 2 aromatic carbocycles. The third kappa shape index (κ3) is 4.56. The van der Waals surface area contributed by atoms with Crippen molar-refractivity contribution in [2.45, 2.75) is 26.2 Å². The minimum absolute atomic E-state index is 0.186. The Morgan fingerprint density at radius 3 is 2.38 bits per heavy atom. The highest BCUT2D eigenvalue weighted by Gasteiger charge is 2.05. The van der Waals surface area contributed by atoms with Crippen molar-refractivity contribution in [2.75, 3.05) is 0 Å². The van der Waals surface area contributed by atoms with Gasteiger partial charge in [-0.3, -0.25) is 4.79 Å². The molecule has 0 fully saturated rings. The standard InChI is InChI=1S/C18H20N2O/c1-14(2)16-8-10-17(11-9-16)18(21)20-19-13-12-15-6-4-3-5-7-15/h3-11,13-14H,12H2,1-2H3,(H,20,21). The molecule has 108 valence electrons. The van der Waals surface area contributed by atoms with Crippen molar-refractivity contribution in [3.05, 3.63) is 71.3 Å². The van der Waals surface area contributed by atoms with Crippen molar-refractivity contribution in [3.63, 3.8) is 0 Å². The highest BCUT2D eigenvalue weighted by Crippen LogP contribution is 2.14. The average Bonchev–Trinajstić information content (AvgIpc) is 2.52. The van der Waals surface area contributed by atoms with Gasteiger partial charge in [0.25, 0.3) is 5.91 Å². The lowest BCUT2D eigenvalue weighted by atomic mass is 10.0. The average molecular weight is 280 g/mol. The van der Waals surface area contributed by atoms with Crippen molar-refractivity contribution >= 4 is 12.1 Å². The molecular weight excluding hydrogens is 260 g/mol. The largest absolute Gasteiger partial charge is 0.271 e. The molecule has 0 bridgehead atoms. The number of benzene rings is 2. The predicted octanol–water partition coefficient (Wildman–Crippen LogP) is 3.77. The van der Waals surface area contributed by atoms with Gasteiger partial charge in [-0.2, -0.15) is 5.10 Å². The minimum Gasteiger partial charge on any atom is -0.267 e. The molecule has 0 aliphatic rings. The molecule has 0 saturated carbocycles. The molecule has 21 heavy (non-hydrogen) atoms. The Morgan fingerprint density at radius 1 is 1.10 bits per heavy atom. The van der Waals surface area contributed by atoms with Gasteiger partial charge in [0.2, 0.25) is 0 Å². The summed E-state index contributed by atoms with van der Waals surface area (Å²) < 4.78 is 0. The van der Waals surface area contributed by atoms with Crippen LogP contribution in [0.4, 0.5) is 0 Å². The Hall–Kier alpha value is -2.42. The van der Waals surface area contributed by atoms with Crippen LogP contribution in [0.1, 0.15) is 41.3 Å². The molecule has 0 atom stereocenters. The lowest BCUT2D eigenvalue weighted by molar-refractivity contribution is 0.0955. The zero-order chi connectivity index (χ0) is 15.1. The smallest absolute Gasteiger partial charge is 0.267 e. The van der Waals surface area contributed by atoms with Crippen molar-refractivity contribution in [1.82, 2.24) is 5.43 Å². The van der Waals surface area contributed by atoms with Crippen LogP contribution in [-0.2, 0) is 6.42 Å². The Balaban J connectivity index is 1.86. The fourth-order valence-corrected chi connectivity index (χ4v) is 1.95. The number of carbonyl (C=O) groups excluding carboxylic acids is 1. The van der Waals surface area contributed by atoms with E-state index in [2.05, 4.69) is 24.4 Å². The summed E-state index contributed by atoms with van der Waals surface area (Å²) >= 11 is 0. The SMILES string of the molecule is CC(C)c1ccc(C(=O)NN=CCc2ccccc2)cc1. The maximum absolute atomic E-state index is 11.9. The van der Waals surface area contributed by atoms with Gasteiger partial charge in [-0.25, -0.2) is 5.43 Å². The number of hydrogen-bond acceptors (Lipinski definition) is 2. The molecule has 2 rings (SSSR count). The Morgan fingerprint density at radius 2 is 1.76 bits per heavy atom. The van der Waals surface area contributed by atoms with Gasteiger partial charge in [-0.1, -0.05) is 56.3 Å². The summed E-state index contributed by atoms with van der Waals surface area (Å²) in [5.41, 5.74) is 5.56. The first kappa shape index (κ1) is 15.0. The maximum atomic E-state index is 11.9. The summed E-state index contributed by atoms with van der Waals surface area (Å²) in [7, 11) is 0. The number of amides is 1. The van der Waals surface area contributed by atoms with Crippen LogP contribution < -0.4 is 5.43 Å². The number of hydrazone groups is 1. The van der Waals surface area contributed by atoms with Gasteiger partial charge < -0.3 is 0 Å². The molecule has 2 aromatic rings. The first-order valence-corrected chi connectivity index (χ1v) is 7.12. The van der Waals surface area contributed by atoms with Crippen LogP contribution in [0.15, 0.2) is 59.7 Å². The summed E-state index contributed by atoms with van der Waals surface area (Å²) in [6.07, 6.45) is 2.41. The molecule has 0 aliphatic heterocycles. The topological polar surface area (TPSA) is 41.5 Å². The molecule has 1 N–H and O–H groups in total. The zero-order valence-corrected chi connectivity index (χ0v) is 12.4. The highest BCUT2D eigenvalue weighted by atomic mass is 16.2. The first-order valence-electron chi connectivity index (χ1n) is 7.12. The number of rotatable bonds is 5. The van der Waals surface area contributed by atoms with Crippen LogP contribution in [0.3, 0.4) is 0 Å². The summed E-state index contributed by atoms with van der Waals surface area (Å²) in [5, 5.41) is 3.98. The second-order valence-corrected chi connectivity index (χ2v) is 5.22. The Bertz CT molecular complexity index is 601. The van der Waals surface area contributed by atoms with Gasteiger partial charge in [0.05, 0.1) is 0 Å². The number of hydrogen-bond donors (Lipinski definition) is 1. The molecule has 0 unspecified atom stereocenters. The number of carbonyl (C=O) groups is 1. The van der Waals surface area contributed by atoms with E-state index < -0.39 is 0 Å². The van der Waals surface area contributed by atoms with E-state index in [0.29, 0.717) is 17.9 Å². The summed E-state index contributed by atoms with van der Waals surface area (Å²) in [4.78, 5) is 11.9. The van der Waals surface area contributed by atoms with Gasteiger partial charge in [0, 0.05) is 18.2 Å². The summed E-state index contributed by atoms with van der Waals surface area (Å²) in [5.74, 6) is 0.278. The molecule has 0 aliphatic carbocycles. The van der Waals surface area contributed by atoms with Crippen LogP contribution >= 0.6 is 0 Å². The van der Waals surface area contributed by atoms with E-state index >= 15 is 0 Å². The molecule has 0 spiro atoms. The molecule has 1 amide bonds. The third-order valence-corrected chi connectivity index (χ3v) is 3.27. The lowest BCUT2D eigenvalue weighted by Crippen LogP contribution is -2.17. The molecule has 0 saturated heterocycles. The van der Waals surface area contributed by atoms with Crippen molar-refractivity contribution in [3.8, 4) is 0 Å². The van der Waals surface area contributed by atoms with Crippen LogP contribution in [0.25, 0.3) is 0 Å². The summed E-state index contributed by atoms with van der Waals surface area (Å²) in [6, 6.07) is 17.6. The van der Waals surface area contributed by atoms with Crippen LogP contribution in [0.5, 0.6) is 0 Å². The second-order valence-electron chi connectivity index (χ2n) is 5.22. The van der Waals surface area contributed by atoms with E-state index in [-0.39, 0.29) is 5.91 Å². The fourth-order valence-electron chi connectivity index (χ4n) is 1.95. The molecule has 0 aromatic heterocycles. The summed E-state index contributed by atoms with van der Waals surface area (Å²) in [6.45, 7) is 4.26. The van der Waals surface area contributed by atoms with E-state index in [9.17, 15) is 4.79 Å². The number of nitrogens with zero attached hydrogens (tertiary/aromatic N) is 1. The van der Waals surface area contributed by atoms with Crippen LogP contribution in [0, 0.1) is 0 Å². The molecule has 0 radical (unpaired) electrons. The van der Waals surface area contributed by atoms with Crippen molar-refractivity contribution in [1.29, 1.82) is 0 Å². The van der Waals surface area contributed by atoms with E-state index in [0.717, 1.165) is 5.56 Å². The second kappa shape index (κ2) is 7.39. The van der Waals surface area contributed by atoms with Gasteiger partial charge in [0.1, 0.15) is 0 Å². The van der Waals surface area contributed by atoms with E-state index in [4.69, 9.17) is 0 Å². The first-order chi connectivity index (χ1) is 10.2. The monoisotopic (exact) mass is 280 g/mol. The van der Waals surface area contributed by atoms with Gasteiger partial charge in [0.15, 0.2) is 0 Å².